The van der Waals surface area contributed by atoms with Crippen LogP contribution in [0.15, 0.2) is 48.7 Å². The van der Waals surface area contributed by atoms with Gasteiger partial charge in [0, 0.05) is 25.1 Å². The number of likely N-dealkylation sites (N-methyl/N-ethyl adjacent to an activating group) is 1. The van der Waals surface area contributed by atoms with Crippen LogP contribution in [0.25, 0.3) is 10.8 Å². The number of rotatable bonds is 7. The van der Waals surface area contributed by atoms with Gasteiger partial charge in [-0.2, -0.15) is 13.2 Å². The number of hydrogen-bond donors (Lipinski definition) is 1. The third-order valence-corrected chi connectivity index (χ3v) is 5.45. The molecule has 0 saturated carbocycles. The van der Waals surface area contributed by atoms with Crippen LogP contribution in [0.3, 0.4) is 0 Å². The van der Waals surface area contributed by atoms with Crippen molar-refractivity contribution in [3.05, 3.63) is 70.6 Å². The molecule has 1 N–H and O–H groups in total. The lowest BCUT2D eigenvalue weighted by Gasteiger charge is -2.18. The maximum Gasteiger partial charge on any atom is 0.420 e. The molecule has 0 radical (unpaired) electrons. The van der Waals surface area contributed by atoms with Crippen LogP contribution in [-0.4, -0.2) is 42.1 Å². The number of anilines is 1. The maximum atomic E-state index is 13.6. The highest BCUT2D eigenvalue weighted by atomic mass is 35.5. The van der Waals surface area contributed by atoms with E-state index in [2.05, 4.69) is 4.98 Å². The van der Waals surface area contributed by atoms with Gasteiger partial charge in [-0.25, -0.2) is 14.2 Å². The van der Waals surface area contributed by atoms with Gasteiger partial charge in [0.25, 0.3) is 0 Å². The Kier molecular flexibility index (Phi) is 7.93. The number of alkyl halides is 3. The molecule has 34 heavy (non-hydrogen) atoms. The third kappa shape index (κ3) is 6.13. The molecule has 0 atom stereocenters. The number of benzene rings is 2. The van der Waals surface area contributed by atoms with Gasteiger partial charge >= 0.3 is 12.3 Å². The van der Waals surface area contributed by atoms with Gasteiger partial charge in [-0.1, -0.05) is 48.0 Å². The van der Waals surface area contributed by atoms with Crippen molar-refractivity contribution in [1.82, 2.24) is 9.88 Å². The van der Waals surface area contributed by atoms with Crippen LogP contribution in [0.4, 0.5) is 28.2 Å². The molecule has 11 heteroatoms. The van der Waals surface area contributed by atoms with Crippen LogP contribution in [0.2, 0.25) is 5.02 Å². The Hall–Kier alpha value is -3.40. The summed E-state index contributed by atoms with van der Waals surface area (Å²) in [5.74, 6) is -1.55. The van der Waals surface area contributed by atoms with Gasteiger partial charge in [0.15, 0.2) is 0 Å². The number of pyridine rings is 1. The number of fused-ring (bicyclic) bond motifs is 1. The van der Waals surface area contributed by atoms with Crippen LogP contribution in [0, 0.1) is 5.82 Å². The number of carbonyl (C=O) groups excluding carboxylic acids is 2. The number of nitrogens with one attached hydrogen (secondary N) is 1. The molecule has 0 unspecified atom stereocenters. The fraction of sp³-hybridized carbons (Fsp3) is 0.261. The molecule has 3 aromatic rings. The quantitative estimate of drug-likeness (QED) is 0.426. The van der Waals surface area contributed by atoms with Crippen molar-refractivity contribution in [1.29, 1.82) is 0 Å². The summed E-state index contributed by atoms with van der Waals surface area (Å²) in [4.78, 5) is 29.3. The van der Waals surface area contributed by atoms with Crippen molar-refractivity contribution >= 4 is 40.2 Å². The third-order valence-electron chi connectivity index (χ3n) is 5.03. The molecule has 0 aliphatic carbocycles. The van der Waals surface area contributed by atoms with E-state index in [4.69, 9.17) is 16.3 Å². The standard InChI is InChI=1S/C23H20ClF4N3O3/c1-31(18(32)10-9-14-6-4-8-17(25)20(14)24)11-12-34-22(33)30-21-19(23(26,27)28)16-7-3-2-5-15(16)13-29-21/h2-8,13H,9-12H2,1H3,(H,29,30,33). The van der Waals surface area contributed by atoms with E-state index in [1.54, 1.807) is 12.1 Å². The fourth-order valence-electron chi connectivity index (χ4n) is 3.25. The van der Waals surface area contributed by atoms with Crippen LogP contribution in [-0.2, 0) is 22.1 Å². The number of hydrogen-bond acceptors (Lipinski definition) is 4. The van der Waals surface area contributed by atoms with Crippen LogP contribution < -0.4 is 5.32 Å². The smallest absolute Gasteiger partial charge is 0.420 e. The summed E-state index contributed by atoms with van der Waals surface area (Å²) >= 11 is 5.87. The first-order valence-electron chi connectivity index (χ1n) is 10.1. The normalized spacial score (nSPS) is 11.4. The summed E-state index contributed by atoms with van der Waals surface area (Å²) in [5, 5.41) is 2.15. The van der Waals surface area contributed by atoms with Gasteiger partial charge in [0.1, 0.15) is 23.8 Å². The molecule has 180 valence electrons. The number of nitrogens with zero attached hydrogens (tertiary/aromatic N) is 2. The van der Waals surface area contributed by atoms with E-state index in [9.17, 15) is 27.2 Å². The van der Waals surface area contributed by atoms with Gasteiger partial charge in [-0.3, -0.25) is 10.1 Å². The number of ether oxygens (including phenoxy) is 1. The molecule has 0 aliphatic heterocycles. The topological polar surface area (TPSA) is 71.5 Å². The Morgan fingerprint density at radius 3 is 2.62 bits per heavy atom. The first-order valence-corrected chi connectivity index (χ1v) is 10.5. The number of aryl methyl sites for hydroxylation is 1. The maximum absolute atomic E-state index is 13.6. The van der Waals surface area contributed by atoms with Gasteiger partial charge in [-0.15, -0.1) is 0 Å². The Balaban J connectivity index is 1.54. The van der Waals surface area contributed by atoms with Gasteiger partial charge in [0.2, 0.25) is 5.91 Å². The lowest BCUT2D eigenvalue weighted by molar-refractivity contribution is -0.136. The van der Waals surface area contributed by atoms with E-state index < -0.39 is 29.5 Å². The molecule has 2 amide bonds. The summed E-state index contributed by atoms with van der Waals surface area (Å²) < 4.78 is 59.2. The number of amides is 2. The Labute approximate surface area is 197 Å². The second-order valence-corrected chi connectivity index (χ2v) is 7.73. The van der Waals surface area contributed by atoms with Crippen LogP contribution >= 0.6 is 11.6 Å². The fourth-order valence-corrected chi connectivity index (χ4v) is 3.47. The number of halogens is 5. The van der Waals surface area contributed by atoms with Crippen molar-refractivity contribution in [3.8, 4) is 0 Å². The Bertz CT molecular complexity index is 1200. The van der Waals surface area contributed by atoms with Crippen LogP contribution in [0.5, 0.6) is 0 Å². The summed E-state index contributed by atoms with van der Waals surface area (Å²) in [6.07, 6.45) is -4.41. The predicted molar refractivity (Wildman–Crippen MR) is 119 cm³/mol. The zero-order valence-corrected chi connectivity index (χ0v) is 18.7. The minimum Gasteiger partial charge on any atom is -0.447 e. The zero-order chi connectivity index (χ0) is 24.9. The SMILES string of the molecule is CN(CCOC(=O)Nc1ncc2ccccc2c1C(F)(F)F)C(=O)CCc1cccc(F)c1Cl. The van der Waals surface area contributed by atoms with Gasteiger partial charge in [0.05, 0.1) is 11.6 Å². The van der Waals surface area contributed by atoms with E-state index in [1.807, 2.05) is 5.32 Å². The van der Waals surface area contributed by atoms with E-state index >= 15 is 0 Å². The van der Waals surface area contributed by atoms with Crippen molar-refractivity contribution in [2.75, 3.05) is 25.5 Å². The summed E-state index contributed by atoms with van der Waals surface area (Å²) in [6.45, 7) is -0.260. The highest BCUT2D eigenvalue weighted by molar-refractivity contribution is 6.31. The van der Waals surface area contributed by atoms with Gasteiger partial charge < -0.3 is 9.64 Å². The van der Waals surface area contributed by atoms with Gasteiger partial charge in [-0.05, 0) is 23.4 Å². The second-order valence-electron chi connectivity index (χ2n) is 7.36. The molecule has 0 aliphatic rings. The molecule has 6 nitrogen and oxygen atoms in total. The van der Waals surface area contributed by atoms with Crippen molar-refractivity contribution in [2.24, 2.45) is 0 Å². The molecule has 2 aromatic carbocycles. The van der Waals surface area contributed by atoms with Crippen molar-refractivity contribution < 1.29 is 31.9 Å². The minimum atomic E-state index is -4.76. The van der Waals surface area contributed by atoms with E-state index in [0.717, 1.165) is 0 Å². The monoisotopic (exact) mass is 497 g/mol. The average molecular weight is 498 g/mol. The highest BCUT2D eigenvalue weighted by Gasteiger charge is 2.37. The molecule has 0 fully saturated rings. The summed E-state index contributed by atoms with van der Waals surface area (Å²) in [7, 11) is 1.48. The van der Waals surface area contributed by atoms with Crippen molar-refractivity contribution in [2.45, 2.75) is 19.0 Å². The molecule has 1 heterocycles. The first kappa shape index (κ1) is 25.2. The number of carbonyl (C=O) groups is 2. The molecular weight excluding hydrogens is 478 g/mol. The molecule has 1 aromatic heterocycles. The Morgan fingerprint density at radius 2 is 1.88 bits per heavy atom. The minimum absolute atomic E-state index is 0.000410. The molecular formula is C23H20ClF4N3O3. The summed E-state index contributed by atoms with van der Waals surface area (Å²) in [6, 6.07) is 10.1. The molecule has 0 spiro atoms. The average Bonchev–Trinajstić information content (AvgIpc) is 2.78. The van der Waals surface area contributed by atoms with E-state index in [0.29, 0.717) is 5.56 Å². The van der Waals surface area contributed by atoms with E-state index in [1.165, 1.54) is 48.5 Å². The zero-order valence-electron chi connectivity index (χ0n) is 18.0. The molecule has 3 rings (SSSR count). The van der Waals surface area contributed by atoms with Crippen molar-refractivity contribution in [3.63, 3.8) is 0 Å². The van der Waals surface area contributed by atoms with Crippen LogP contribution in [0.1, 0.15) is 17.5 Å². The summed E-state index contributed by atoms with van der Waals surface area (Å²) in [5.41, 5.74) is -0.590. The molecule has 0 saturated heterocycles. The highest BCUT2D eigenvalue weighted by Crippen LogP contribution is 2.38. The lowest BCUT2D eigenvalue weighted by Crippen LogP contribution is -2.31. The predicted octanol–water partition coefficient (Wildman–Crippen LogP) is 5.69. The number of aromatic nitrogens is 1. The Morgan fingerprint density at radius 1 is 1.15 bits per heavy atom. The largest absolute Gasteiger partial charge is 0.447 e. The second kappa shape index (κ2) is 10.7. The molecule has 0 bridgehead atoms. The first-order chi connectivity index (χ1) is 16.1. The van der Waals surface area contributed by atoms with E-state index in [-0.39, 0.29) is 47.7 Å². The lowest BCUT2D eigenvalue weighted by atomic mass is 10.1.